The third kappa shape index (κ3) is 3.94. The summed E-state index contributed by atoms with van der Waals surface area (Å²) in [7, 11) is 0. The van der Waals surface area contributed by atoms with Gasteiger partial charge in [0.05, 0.1) is 0 Å². The lowest BCUT2D eigenvalue weighted by atomic mass is 10.2. The van der Waals surface area contributed by atoms with Crippen molar-refractivity contribution in [1.29, 1.82) is 0 Å². The van der Waals surface area contributed by atoms with Gasteiger partial charge in [0.2, 0.25) is 5.91 Å². The van der Waals surface area contributed by atoms with E-state index >= 15 is 0 Å². The van der Waals surface area contributed by atoms with E-state index in [1.165, 1.54) is 0 Å². The van der Waals surface area contributed by atoms with E-state index in [9.17, 15) is 4.79 Å². The lowest BCUT2D eigenvalue weighted by Crippen LogP contribution is -2.24. The number of hydrogen-bond donors (Lipinski definition) is 3. The molecule has 0 aliphatic carbocycles. The maximum absolute atomic E-state index is 10.7. The molecule has 15 heavy (non-hydrogen) atoms. The molecule has 1 aromatic carbocycles. The van der Waals surface area contributed by atoms with Gasteiger partial charge in [-0.05, 0) is 47.7 Å². The third-order valence-electron chi connectivity index (χ3n) is 1.90. The summed E-state index contributed by atoms with van der Waals surface area (Å²) in [4.78, 5) is 10.7. The van der Waals surface area contributed by atoms with Gasteiger partial charge < -0.3 is 16.8 Å². The molecule has 0 fully saturated rings. The number of nitrogen functional groups attached to an aromatic ring is 1. The Balaban J connectivity index is 2.68. The van der Waals surface area contributed by atoms with Crippen LogP contribution in [0.15, 0.2) is 18.2 Å². The SMILES string of the molecule is CC(CC(N)=O)Nc1ccc(N)cc1I. The van der Waals surface area contributed by atoms with Gasteiger partial charge in [-0.2, -0.15) is 0 Å². The third-order valence-corrected chi connectivity index (χ3v) is 2.79. The molecule has 4 nitrogen and oxygen atoms in total. The fourth-order valence-electron chi connectivity index (χ4n) is 1.27. The average molecular weight is 319 g/mol. The number of anilines is 2. The average Bonchev–Trinajstić information content (AvgIpc) is 2.08. The topological polar surface area (TPSA) is 81.1 Å². The van der Waals surface area contributed by atoms with E-state index in [0.29, 0.717) is 6.42 Å². The molecule has 1 unspecified atom stereocenters. The number of nitrogens with one attached hydrogen (secondary N) is 1. The van der Waals surface area contributed by atoms with Gasteiger partial charge in [-0.15, -0.1) is 0 Å². The van der Waals surface area contributed by atoms with E-state index in [4.69, 9.17) is 11.5 Å². The zero-order valence-electron chi connectivity index (χ0n) is 8.46. The number of hydrogen-bond acceptors (Lipinski definition) is 3. The minimum atomic E-state index is -0.305. The van der Waals surface area contributed by atoms with Gasteiger partial charge in [0.15, 0.2) is 0 Å². The number of amides is 1. The summed E-state index contributed by atoms with van der Waals surface area (Å²) in [5.74, 6) is -0.305. The molecular formula is C10H14IN3O. The molecule has 0 saturated heterocycles. The van der Waals surface area contributed by atoms with Crippen LogP contribution in [0.2, 0.25) is 0 Å². The number of carbonyl (C=O) groups is 1. The van der Waals surface area contributed by atoms with E-state index < -0.39 is 0 Å². The summed E-state index contributed by atoms with van der Waals surface area (Å²) >= 11 is 2.19. The van der Waals surface area contributed by atoms with E-state index in [1.807, 2.05) is 25.1 Å². The van der Waals surface area contributed by atoms with Gasteiger partial charge >= 0.3 is 0 Å². The molecule has 5 N–H and O–H groups in total. The summed E-state index contributed by atoms with van der Waals surface area (Å²) in [5, 5.41) is 3.20. The van der Waals surface area contributed by atoms with Crippen LogP contribution in [0.4, 0.5) is 11.4 Å². The summed E-state index contributed by atoms with van der Waals surface area (Å²) in [6, 6.07) is 5.62. The largest absolute Gasteiger partial charge is 0.399 e. The van der Waals surface area contributed by atoms with Crippen LogP contribution in [0.1, 0.15) is 13.3 Å². The van der Waals surface area contributed by atoms with Crippen LogP contribution in [0.3, 0.4) is 0 Å². The van der Waals surface area contributed by atoms with Crippen molar-refractivity contribution in [3.05, 3.63) is 21.8 Å². The zero-order valence-corrected chi connectivity index (χ0v) is 10.6. The second-order valence-corrected chi connectivity index (χ2v) is 4.62. The Morgan fingerprint density at radius 1 is 1.60 bits per heavy atom. The first-order valence-corrected chi connectivity index (χ1v) is 5.67. The maximum Gasteiger partial charge on any atom is 0.219 e. The highest BCUT2D eigenvalue weighted by Crippen LogP contribution is 2.21. The van der Waals surface area contributed by atoms with Gasteiger partial charge in [-0.25, -0.2) is 0 Å². The second-order valence-electron chi connectivity index (χ2n) is 3.46. The van der Waals surface area contributed by atoms with E-state index in [-0.39, 0.29) is 11.9 Å². The quantitative estimate of drug-likeness (QED) is 0.582. The van der Waals surface area contributed by atoms with Crippen LogP contribution in [0.5, 0.6) is 0 Å². The summed E-state index contributed by atoms with van der Waals surface area (Å²) in [6.07, 6.45) is 0.320. The minimum Gasteiger partial charge on any atom is -0.399 e. The number of benzene rings is 1. The fraction of sp³-hybridized carbons (Fsp3) is 0.300. The molecule has 0 bridgehead atoms. The molecular weight excluding hydrogens is 305 g/mol. The maximum atomic E-state index is 10.7. The summed E-state index contributed by atoms with van der Waals surface area (Å²) < 4.78 is 1.03. The highest BCUT2D eigenvalue weighted by atomic mass is 127. The van der Waals surface area contributed by atoms with Crippen LogP contribution in [0, 0.1) is 3.57 Å². The van der Waals surface area contributed by atoms with Gasteiger partial charge in [0.1, 0.15) is 0 Å². The Labute approximate surface area is 103 Å². The van der Waals surface area contributed by atoms with Crippen LogP contribution < -0.4 is 16.8 Å². The van der Waals surface area contributed by atoms with Crippen LogP contribution in [0.25, 0.3) is 0 Å². The minimum absolute atomic E-state index is 0.0274. The molecule has 1 rings (SSSR count). The Kier molecular flexibility index (Phi) is 4.19. The molecule has 0 aliphatic rings. The molecule has 0 spiro atoms. The van der Waals surface area contributed by atoms with Crippen LogP contribution in [-0.4, -0.2) is 11.9 Å². The Hall–Kier alpha value is -0.980. The van der Waals surface area contributed by atoms with Gasteiger partial charge in [0, 0.05) is 27.4 Å². The Morgan fingerprint density at radius 3 is 2.80 bits per heavy atom. The second kappa shape index (κ2) is 5.20. The van der Waals surface area contributed by atoms with Crippen molar-refractivity contribution < 1.29 is 4.79 Å². The molecule has 1 atom stereocenters. The summed E-state index contributed by atoms with van der Waals surface area (Å²) in [6.45, 7) is 1.91. The van der Waals surface area contributed by atoms with Gasteiger partial charge in [-0.3, -0.25) is 4.79 Å². The first-order valence-electron chi connectivity index (χ1n) is 4.59. The van der Waals surface area contributed by atoms with Gasteiger partial charge in [0.25, 0.3) is 0 Å². The smallest absolute Gasteiger partial charge is 0.219 e. The van der Waals surface area contributed by atoms with Crippen molar-refractivity contribution in [3.8, 4) is 0 Å². The first-order chi connectivity index (χ1) is 6.99. The molecule has 82 valence electrons. The number of halogens is 1. The molecule has 0 aromatic heterocycles. The van der Waals surface area contributed by atoms with Gasteiger partial charge in [-0.1, -0.05) is 0 Å². The normalized spacial score (nSPS) is 12.1. The zero-order chi connectivity index (χ0) is 11.4. The fourth-order valence-corrected chi connectivity index (χ4v) is 1.96. The van der Waals surface area contributed by atoms with Crippen LogP contribution >= 0.6 is 22.6 Å². The first kappa shape index (κ1) is 12.1. The Morgan fingerprint density at radius 2 is 2.27 bits per heavy atom. The molecule has 1 aromatic rings. The number of carbonyl (C=O) groups excluding carboxylic acids is 1. The lowest BCUT2D eigenvalue weighted by Gasteiger charge is -2.15. The monoisotopic (exact) mass is 319 g/mol. The summed E-state index contributed by atoms with van der Waals surface area (Å²) in [5.41, 5.74) is 12.4. The number of rotatable bonds is 4. The molecule has 0 saturated carbocycles. The number of primary amides is 1. The standard InChI is InChI=1S/C10H14IN3O/c1-6(4-10(13)15)14-9-3-2-7(12)5-8(9)11/h2-3,5-6,14H,4,12H2,1H3,(H2,13,15). The van der Waals surface area contributed by atoms with E-state index in [2.05, 4.69) is 27.9 Å². The molecule has 5 heteroatoms. The van der Waals surface area contributed by atoms with Crippen molar-refractivity contribution in [1.82, 2.24) is 0 Å². The van der Waals surface area contributed by atoms with Crippen molar-refractivity contribution in [2.45, 2.75) is 19.4 Å². The van der Waals surface area contributed by atoms with Crippen molar-refractivity contribution in [2.24, 2.45) is 5.73 Å². The number of nitrogens with two attached hydrogens (primary N) is 2. The van der Waals surface area contributed by atoms with Crippen molar-refractivity contribution >= 4 is 39.9 Å². The Bertz CT molecular complexity index is 368. The highest BCUT2D eigenvalue weighted by molar-refractivity contribution is 14.1. The molecule has 0 aliphatic heterocycles. The molecule has 0 heterocycles. The van der Waals surface area contributed by atoms with Crippen LogP contribution in [-0.2, 0) is 4.79 Å². The van der Waals surface area contributed by atoms with E-state index in [0.717, 1.165) is 14.9 Å². The lowest BCUT2D eigenvalue weighted by molar-refractivity contribution is -0.118. The van der Waals surface area contributed by atoms with Crippen molar-refractivity contribution in [2.75, 3.05) is 11.1 Å². The highest BCUT2D eigenvalue weighted by Gasteiger charge is 2.07. The van der Waals surface area contributed by atoms with Crippen molar-refractivity contribution in [3.63, 3.8) is 0 Å². The van der Waals surface area contributed by atoms with E-state index in [1.54, 1.807) is 0 Å². The predicted molar refractivity (Wildman–Crippen MR) is 70.5 cm³/mol. The predicted octanol–water partition coefficient (Wildman–Crippen LogP) is 1.55. The molecule has 1 amide bonds. The molecule has 0 radical (unpaired) electrons.